The van der Waals surface area contributed by atoms with E-state index >= 15 is 0 Å². The van der Waals surface area contributed by atoms with E-state index in [4.69, 9.17) is 24.2 Å². The van der Waals surface area contributed by atoms with Crippen molar-refractivity contribution < 1.29 is 14.2 Å². The number of fused-ring (bicyclic) bond motifs is 1. The van der Waals surface area contributed by atoms with Crippen molar-refractivity contribution in [2.45, 2.75) is 58.8 Å². The van der Waals surface area contributed by atoms with Gasteiger partial charge in [0, 0.05) is 30.4 Å². The van der Waals surface area contributed by atoms with Crippen molar-refractivity contribution in [2.24, 2.45) is 0 Å². The van der Waals surface area contributed by atoms with Gasteiger partial charge in [0.15, 0.2) is 0 Å². The van der Waals surface area contributed by atoms with E-state index in [9.17, 15) is 0 Å². The predicted octanol–water partition coefficient (Wildman–Crippen LogP) is 5.75. The van der Waals surface area contributed by atoms with Crippen molar-refractivity contribution in [1.29, 1.82) is 0 Å². The quantitative estimate of drug-likeness (QED) is 0.313. The van der Waals surface area contributed by atoms with Gasteiger partial charge in [-0.15, -0.1) is 0 Å². The Labute approximate surface area is 235 Å². The second-order valence-electron chi connectivity index (χ2n) is 11.4. The molecule has 210 valence electrons. The molecule has 1 N–H and O–H groups in total. The van der Waals surface area contributed by atoms with Gasteiger partial charge >= 0.3 is 6.01 Å². The molecule has 0 aliphatic carbocycles. The lowest BCUT2D eigenvalue weighted by atomic mass is 9.87. The summed E-state index contributed by atoms with van der Waals surface area (Å²) in [5.74, 6) is 1.95. The van der Waals surface area contributed by atoms with Crippen molar-refractivity contribution in [1.82, 2.24) is 24.8 Å². The van der Waals surface area contributed by atoms with Gasteiger partial charge in [-0.2, -0.15) is 4.98 Å². The molecule has 2 aromatic carbocycles. The van der Waals surface area contributed by atoms with E-state index < -0.39 is 0 Å². The molecule has 1 aliphatic rings. The average Bonchev–Trinajstić information content (AvgIpc) is 2.91. The number of anilines is 2. The lowest BCUT2D eigenvalue weighted by Crippen LogP contribution is -2.45. The van der Waals surface area contributed by atoms with Crippen molar-refractivity contribution in [3.63, 3.8) is 0 Å². The molecule has 1 aliphatic heterocycles. The Balaban J connectivity index is 1.55. The summed E-state index contributed by atoms with van der Waals surface area (Å²) in [6, 6.07) is 14.9. The standard InChI is InChI=1S/C31H38N6O3/c1-19-16-37(17-20(2)40-19)18-27-34-26-14-21(25-15-32-30(39-7)36-29(25)38-6)8-13-24(26)28(35-27)33-23-11-9-22(10-12-23)31(3,4)5/h8-15,19-20H,16-18H2,1-7H3,(H,33,34,35). The highest BCUT2D eigenvalue weighted by Gasteiger charge is 2.24. The number of rotatable bonds is 7. The minimum atomic E-state index is 0.0857. The van der Waals surface area contributed by atoms with Crippen LogP contribution in [-0.4, -0.2) is 64.4 Å². The fourth-order valence-corrected chi connectivity index (χ4v) is 5.12. The molecule has 1 saturated heterocycles. The summed E-state index contributed by atoms with van der Waals surface area (Å²) in [5, 5.41) is 4.48. The highest BCUT2D eigenvalue weighted by molar-refractivity contribution is 5.94. The van der Waals surface area contributed by atoms with Crippen LogP contribution in [-0.2, 0) is 16.7 Å². The van der Waals surface area contributed by atoms with Gasteiger partial charge in [-0.1, -0.05) is 39.0 Å². The van der Waals surface area contributed by atoms with E-state index in [1.165, 1.54) is 12.7 Å². The molecule has 2 atom stereocenters. The fourth-order valence-electron chi connectivity index (χ4n) is 5.12. The van der Waals surface area contributed by atoms with Crippen LogP contribution in [0.25, 0.3) is 22.0 Å². The summed E-state index contributed by atoms with van der Waals surface area (Å²) in [6.07, 6.45) is 2.04. The van der Waals surface area contributed by atoms with Crippen LogP contribution in [0.2, 0.25) is 0 Å². The van der Waals surface area contributed by atoms with Gasteiger partial charge < -0.3 is 19.5 Å². The average molecular weight is 543 g/mol. The van der Waals surface area contributed by atoms with Gasteiger partial charge in [0.1, 0.15) is 11.6 Å². The van der Waals surface area contributed by atoms with E-state index in [0.717, 1.165) is 52.4 Å². The molecular weight excluding hydrogens is 504 g/mol. The van der Waals surface area contributed by atoms with Crippen LogP contribution in [0, 0.1) is 0 Å². The van der Waals surface area contributed by atoms with Crippen LogP contribution in [0.4, 0.5) is 11.5 Å². The summed E-state index contributed by atoms with van der Waals surface area (Å²) < 4.78 is 16.7. The topological polar surface area (TPSA) is 94.5 Å². The van der Waals surface area contributed by atoms with Crippen LogP contribution < -0.4 is 14.8 Å². The summed E-state index contributed by atoms with van der Waals surface area (Å²) in [4.78, 5) is 21.0. The monoisotopic (exact) mass is 542 g/mol. The molecule has 4 aromatic rings. The third-order valence-corrected chi connectivity index (χ3v) is 7.04. The first-order valence-electron chi connectivity index (χ1n) is 13.6. The molecule has 1 fully saturated rings. The number of benzene rings is 2. The van der Waals surface area contributed by atoms with E-state index in [-0.39, 0.29) is 23.6 Å². The molecule has 2 unspecified atom stereocenters. The SMILES string of the molecule is COc1ncc(-c2ccc3c(Nc4ccc(C(C)(C)C)cc4)nc(CN4CC(C)OC(C)C4)nc3c2)c(OC)n1. The van der Waals surface area contributed by atoms with Gasteiger partial charge in [-0.05, 0) is 54.7 Å². The molecule has 0 amide bonds. The first kappa shape index (κ1) is 27.7. The molecule has 0 saturated carbocycles. The molecule has 3 heterocycles. The summed E-state index contributed by atoms with van der Waals surface area (Å²) in [5.41, 5.74) is 4.81. The molecule has 40 heavy (non-hydrogen) atoms. The Bertz CT molecular complexity index is 1480. The van der Waals surface area contributed by atoms with Crippen LogP contribution in [0.1, 0.15) is 46.0 Å². The minimum Gasteiger partial charge on any atom is -0.480 e. The molecule has 0 spiro atoms. The van der Waals surface area contributed by atoms with Crippen molar-refractivity contribution >= 4 is 22.4 Å². The van der Waals surface area contributed by atoms with E-state index in [2.05, 4.69) is 79.1 Å². The number of hydrogen-bond acceptors (Lipinski definition) is 9. The lowest BCUT2D eigenvalue weighted by molar-refractivity contribution is -0.0710. The Morgan fingerprint density at radius 1 is 0.950 bits per heavy atom. The third-order valence-electron chi connectivity index (χ3n) is 7.04. The summed E-state index contributed by atoms with van der Waals surface area (Å²) >= 11 is 0. The van der Waals surface area contributed by atoms with Crippen LogP contribution in [0.3, 0.4) is 0 Å². The second kappa shape index (κ2) is 11.3. The highest BCUT2D eigenvalue weighted by Crippen LogP contribution is 2.33. The number of methoxy groups -OCH3 is 2. The maximum absolute atomic E-state index is 5.94. The van der Waals surface area contributed by atoms with E-state index in [1.807, 2.05) is 18.2 Å². The zero-order valence-corrected chi connectivity index (χ0v) is 24.4. The van der Waals surface area contributed by atoms with E-state index in [0.29, 0.717) is 12.4 Å². The lowest BCUT2D eigenvalue weighted by Gasteiger charge is -2.34. The largest absolute Gasteiger partial charge is 0.480 e. The Morgan fingerprint density at radius 3 is 2.33 bits per heavy atom. The van der Waals surface area contributed by atoms with E-state index in [1.54, 1.807) is 13.3 Å². The number of morpholine rings is 1. The first-order valence-corrected chi connectivity index (χ1v) is 13.6. The second-order valence-corrected chi connectivity index (χ2v) is 11.4. The number of ether oxygens (including phenoxy) is 3. The zero-order chi connectivity index (χ0) is 28.4. The number of nitrogens with one attached hydrogen (secondary N) is 1. The fraction of sp³-hybridized carbons (Fsp3) is 0.419. The molecule has 5 rings (SSSR count). The van der Waals surface area contributed by atoms with Crippen molar-refractivity contribution in [3.8, 4) is 23.0 Å². The number of hydrogen-bond donors (Lipinski definition) is 1. The van der Waals surface area contributed by atoms with Crippen molar-refractivity contribution in [3.05, 3.63) is 60.0 Å². The number of nitrogens with zero attached hydrogens (tertiary/aromatic N) is 5. The molecule has 0 bridgehead atoms. The molecule has 0 radical (unpaired) electrons. The highest BCUT2D eigenvalue weighted by atomic mass is 16.5. The molecular formula is C31H38N6O3. The van der Waals surface area contributed by atoms with Gasteiger partial charge in [-0.25, -0.2) is 15.0 Å². The first-order chi connectivity index (χ1) is 19.1. The molecule has 9 nitrogen and oxygen atoms in total. The maximum Gasteiger partial charge on any atom is 0.319 e. The summed E-state index contributed by atoms with van der Waals surface area (Å²) in [6.45, 7) is 13.2. The van der Waals surface area contributed by atoms with Gasteiger partial charge in [0.2, 0.25) is 5.88 Å². The normalized spacial score (nSPS) is 18.1. The Kier molecular flexibility index (Phi) is 7.87. The zero-order valence-electron chi connectivity index (χ0n) is 24.4. The Hall–Kier alpha value is -3.82. The van der Waals surface area contributed by atoms with Gasteiger partial charge in [0.25, 0.3) is 0 Å². The van der Waals surface area contributed by atoms with Gasteiger partial charge in [-0.3, -0.25) is 4.90 Å². The summed E-state index contributed by atoms with van der Waals surface area (Å²) in [7, 11) is 3.12. The third kappa shape index (κ3) is 6.16. The Morgan fingerprint density at radius 2 is 1.68 bits per heavy atom. The minimum absolute atomic E-state index is 0.0857. The van der Waals surface area contributed by atoms with Gasteiger partial charge in [0.05, 0.1) is 44.1 Å². The van der Waals surface area contributed by atoms with Crippen LogP contribution >= 0.6 is 0 Å². The van der Waals surface area contributed by atoms with Crippen LogP contribution in [0.5, 0.6) is 11.9 Å². The molecule has 2 aromatic heterocycles. The van der Waals surface area contributed by atoms with Crippen LogP contribution in [0.15, 0.2) is 48.7 Å². The van der Waals surface area contributed by atoms with Crippen molar-refractivity contribution in [2.75, 3.05) is 32.6 Å². The number of aromatic nitrogens is 4. The predicted molar refractivity (Wildman–Crippen MR) is 157 cm³/mol. The maximum atomic E-state index is 5.94. The molecule has 9 heteroatoms. The smallest absolute Gasteiger partial charge is 0.319 e.